The van der Waals surface area contributed by atoms with E-state index < -0.39 is 4.92 Å². The van der Waals surface area contributed by atoms with Crippen LogP contribution in [0.3, 0.4) is 0 Å². The number of nitro groups is 1. The van der Waals surface area contributed by atoms with E-state index in [1.807, 2.05) is 0 Å². The van der Waals surface area contributed by atoms with Gasteiger partial charge in [-0.2, -0.15) is 0 Å². The number of benzene rings is 1. The molecule has 6 nitrogen and oxygen atoms in total. The van der Waals surface area contributed by atoms with Gasteiger partial charge >= 0.3 is 5.69 Å². The number of hydrogen-bond donors (Lipinski definition) is 0. The third kappa shape index (κ3) is 4.47. The minimum absolute atomic E-state index is 0.0284. The zero-order valence-electron chi connectivity index (χ0n) is 11.5. The molecule has 6 heteroatoms. The minimum Gasteiger partial charge on any atom is -0.487 e. The van der Waals surface area contributed by atoms with Crippen LogP contribution < -0.4 is 4.74 Å². The Balaban J connectivity index is 1.67. The highest BCUT2D eigenvalue weighted by Crippen LogP contribution is 2.25. The van der Waals surface area contributed by atoms with Crippen molar-refractivity contribution in [2.45, 2.75) is 12.8 Å². The van der Waals surface area contributed by atoms with Crippen molar-refractivity contribution in [2.24, 2.45) is 0 Å². The fourth-order valence-electron chi connectivity index (χ4n) is 2.17. The standard InChI is InChI=1S/C14H20N2O4/c17-16(18)13-5-1-2-6-14(13)20-10-4-3-7-15-8-11-19-12-9-15/h1-2,5-6H,3-4,7-12H2. The second kappa shape index (κ2) is 7.81. The van der Waals surface area contributed by atoms with Crippen LogP contribution in [0.5, 0.6) is 5.75 Å². The van der Waals surface area contributed by atoms with Gasteiger partial charge in [-0.05, 0) is 25.5 Å². The summed E-state index contributed by atoms with van der Waals surface area (Å²) < 4.78 is 10.8. The molecular weight excluding hydrogens is 260 g/mol. The summed E-state index contributed by atoms with van der Waals surface area (Å²) in [7, 11) is 0. The zero-order chi connectivity index (χ0) is 14.2. The first-order valence-corrected chi connectivity index (χ1v) is 6.93. The first kappa shape index (κ1) is 14.7. The van der Waals surface area contributed by atoms with Crippen LogP contribution in [0.15, 0.2) is 24.3 Å². The molecule has 1 saturated heterocycles. The average Bonchev–Trinajstić information content (AvgIpc) is 2.48. The molecule has 0 amide bonds. The van der Waals surface area contributed by atoms with Gasteiger partial charge in [-0.25, -0.2) is 0 Å². The Hall–Kier alpha value is -1.66. The van der Waals surface area contributed by atoms with Gasteiger partial charge in [0.2, 0.25) is 0 Å². The lowest BCUT2D eigenvalue weighted by molar-refractivity contribution is -0.385. The molecule has 0 spiro atoms. The maximum absolute atomic E-state index is 10.8. The Morgan fingerprint density at radius 1 is 1.25 bits per heavy atom. The molecule has 2 rings (SSSR count). The summed E-state index contributed by atoms with van der Waals surface area (Å²) in [6.07, 6.45) is 1.92. The molecule has 0 radical (unpaired) electrons. The van der Waals surface area contributed by atoms with E-state index >= 15 is 0 Å². The van der Waals surface area contributed by atoms with Crippen molar-refractivity contribution in [3.05, 3.63) is 34.4 Å². The first-order chi connectivity index (χ1) is 9.77. The van der Waals surface area contributed by atoms with E-state index in [2.05, 4.69) is 4.90 Å². The SMILES string of the molecule is O=[N+]([O-])c1ccccc1OCCCCN1CCOCC1. The average molecular weight is 280 g/mol. The number of morpholine rings is 1. The molecule has 0 unspecified atom stereocenters. The maximum Gasteiger partial charge on any atom is 0.310 e. The fourth-order valence-corrected chi connectivity index (χ4v) is 2.17. The van der Waals surface area contributed by atoms with E-state index in [0.29, 0.717) is 12.4 Å². The lowest BCUT2D eigenvalue weighted by Gasteiger charge is -2.26. The summed E-state index contributed by atoms with van der Waals surface area (Å²) in [4.78, 5) is 12.8. The molecule has 1 fully saturated rings. The van der Waals surface area contributed by atoms with E-state index in [9.17, 15) is 10.1 Å². The molecule has 0 N–H and O–H groups in total. The van der Waals surface area contributed by atoms with E-state index in [-0.39, 0.29) is 5.69 Å². The monoisotopic (exact) mass is 280 g/mol. The number of nitrogens with zero attached hydrogens (tertiary/aromatic N) is 2. The van der Waals surface area contributed by atoms with Crippen molar-refractivity contribution < 1.29 is 14.4 Å². The maximum atomic E-state index is 10.8. The van der Waals surface area contributed by atoms with E-state index in [4.69, 9.17) is 9.47 Å². The van der Waals surface area contributed by atoms with Gasteiger partial charge in [-0.1, -0.05) is 12.1 Å². The fraction of sp³-hybridized carbons (Fsp3) is 0.571. The first-order valence-electron chi connectivity index (χ1n) is 6.93. The molecule has 1 heterocycles. The van der Waals surface area contributed by atoms with Gasteiger partial charge in [-0.3, -0.25) is 15.0 Å². The Bertz CT molecular complexity index is 433. The molecule has 0 aliphatic carbocycles. The van der Waals surface area contributed by atoms with Gasteiger partial charge < -0.3 is 9.47 Å². The summed E-state index contributed by atoms with van der Waals surface area (Å²) in [5.41, 5.74) is 0.0284. The summed E-state index contributed by atoms with van der Waals surface area (Å²) in [5.74, 6) is 0.351. The molecule has 110 valence electrons. The predicted octanol–water partition coefficient (Wildman–Crippen LogP) is 2.09. The van der Waals surface area contributed by atoms with Crippen molar-refractivity contribution in [1.82, 2.24) is 4.90 Å². The Labute approximate surface area is 118 Å². The number of unbranched alkanes of at least 4 members (excludes halogenated alkanes) is 1. The van der Waals surface area contributed by atoms with Crippen molar-refractivity contribution >= 4 is 5.69 Å². The topological polar surface area (TPSA) is 64.8 Å². The van der Waals surface area contributed by atoms with E-state index in [1.54, 1.807) is 18.2 Å². The van der Waals surface area contributed by atoms with Crippen LogP contribution in [0, 0.1) is 10.1 Å². The lowest BCUT2D eigenvalue weighted by atomic mass is 10.2. The quantitative estimate of drug-likeness (QED) is 0.434. The highest BCUT2D eigenvalue weighted by Gasteiger charge is 2.13. The summed E-state index contributed by atoms with van der Waals surface area (Å²) in [6.45, 7) is 5.15. The van der Waals surface area contributed by atoms with Gasteiger partial charge in [0.25, 0.3) is 0 Å². The Morgan fingerprint density at radius 3 is 2.75 bits per heavy atom. The van der Waals surface area contributed by atoms with Gasteiger partial charge in [0, 0.05) is 19.2 Å². The van der Waals surface area contributed by atoms with Gasteiger partial charge in [0.05, 0.1) is 24.7 Å². The van der Waals surface area contributed by atoms with Crippen molar-refractivity contribution in [3.8, 4) is 5.75 Å². The molecule has 20 heavy (non-hydrogen) atoms. The second-order valence-corrected chi connectivity index (χ2v) is 4.73. The van der Waals surface area contributed by atoms with Crippen LogP contribution in [0.25, 0.3) is 0 Å². The molecule has 1 aromatic rings. The second-order valence-electron chi connectivity index (χ2n) is 4.73. The zero-order valence-corrected chi connectivity index (χ0v) is 11.5. The van der Waals surface area contributed by atoms with Crippen LogP contribution in [0.1, 0.15) is 12.8 Å². The Kier molecular flexibility index (Phi) is 5.76. The minimum atomic E-state index is -0.414. The third-order valence-electron chi connectivity index (χ3n) is 3.29. The third-order valence-corrected chi connectivity index (χ3v) is 3.29. The molecule has 1 aliphatic heterocycles. The summed E-state index contributed by atoms with van der Waals surface area (Å²) >= 11 is 0. The number of nitro benzene ring substituents is 1. The number of ether oxygens (including phenoxy) is 2. The molecule has 0 bridgehead atoms. The van der Waals surface area contributed by atoms with Crippen molar-refractivity contribution in [1.29, 1.82) is 0 Å². The number of para-hydroxylation sites is 2. The highest BCUT2D eigenvalue weighted by molar-refractivity contribution is 5.45. The summed E-state index contributed by atoms with van der Waals surface area (Å²) in [6, 6.07) is 6.49. The van der Waals surface area contributed by atoms with Crippen LogP contribution in [-0.4, -0.2) is 49.3 Å². The molecular formula is C14H20N2O4. The normalized spacial score (nSPS) is 16.0. The predicted molar refractivity (Wildman–Crippen MR) is 75.1 cm³/mol. The van der Waals surface area contributed by atoms with Gasteiger partial charge in [-0.15, -0.1) is 0 Å². The highest BCUT2D eigenvalue weighted by atomic mass is 16.6. The van der Waals surface area contributed by atoms with Gasteiger partial charge in [0.1, 0.15) is 0 Å². The largest absolute Gasteiger partial charge is 0.487 e. The lowest BCUT2D eigenvalue weighted by Crippen LogP contribution is -2.36. The molecule has 0 saturated carbocycles. The van der Waals surface area contributed by atoms with E-state index in [1.165, 1.54) is 6.07 Å². The summed E-state index contributed by atoms with van der Waals surface area (Å²) in [5, 5.41) is 10.8. The smallest absolute Gasteiger partial charge is 0.310 e. The van der Waals surface area contributed by atoms with Crippen LogP contribution in [0.4, 0.5) is 5.69 Å². The van der Waals surface area contributed by atoms with Crippen LogP contribution in [-0.2, 0) is 4.74 Å². The molecule has 0 atom stereocenters. The van der Waals surface area contributed by atoms with Crippen LogP contribution >= 0.6 is 0 Å². The molecule has 0 aromatic heterocycles. The van der Waals surface area contributed by atoms with Crippen molar-refractivity contribution in [2.75, 3.05) is 39.5 Å². The van der Waals surface area contributed by atoms with Crippen LogP contribution in [0.2, 0.25) is 0 Å². The molecule has 1 aliphatic rings. The van der Waals surface area contributed by atoms with Crippen molar-refractivity contribution in [3.63, 3.8) is 0 Å². The molecule has 1 aromatic carbocycles. The Morgan fingerprint density at radius 2 is 2.00 bits per heavy atom. The van der Waals surface area contributed by atoms with Gasteiger partial charge in [0.15, 0.2) is 5.75 Å². The number of rotatable bonds is 7. The number of hydrogen-bond acceptors (Lipinski definition) is 5. The van der Waals surface area contributed by atoms with E-state index in [0.717, 1.165) is 45.7 Å².